The lowest BCUT2D eigenvalue weighted by Gasteiger charge is -2.36. The second kappa shape index (κ2) is 9.72. The Labute approximate surface area is 168 Å². The van der Waals surface area contributed by atoms with Crippen LogP contribution >= 0.6 is 24.0 Å². The SMILES string of the molecule is CCNC(=NCC(C)(C)N(C)C)N1CCOC(c2cnn(C)c2)C1.I. The molecule has 2 rings (SSSR count). The molecule has 1 atom stereocenters. The van der Waals surface area contributed by atoms with Gasteiger partial charge >= 0.3 is 0 Å². The van der Waals surface area contributed by atoms with Crippen LogP contribution in [0.5, 0.6) is 0 Å². The van der Waals surface area contributed by atoms with Gasteiger partial charge in [-0.15, -0.1) is 24.0 Å². The summed E-state index contributed by atoms with van der Waals surface area (Å²) in [5.41, 5.74) is 1.14. The lowest BCUT2D eigenvalue weighted by Crippen LogP contribution is -2.49. The zero-order valence-electron chi connectivity index (χ0n) is 16.3. The third-order valence-corrected chi connectivity index (χ3v) is 4.62. The molecular formula is C17H33IN6O. The monoisotopic (exact) mass is 464 g/mol. The summed E-state index contributed by atoms with van der Waals surface area (Å²) >= 11 is 0. The fourth-order valence-corrected chi connectivity index (χ4v) is 2.49. The first-order valence-electron chi connectivity index (χ1n) is 8.64. The van der Waals surface area contributed by atoms with Crippen LogP contribution in [0.3, 0.4) is 0 Å². The fourth-order valence-electron chi connectivity index (χ4n) is 2.49. The number of nitrogens with zero attached hydrogens (tertiary/aromatic N) is 5. The minimum absolute atomic E-state index is 0. The number of aliphatic imine (C=N–C) groups is 1. The summed E-state index contributed by atoms with van der Waals surface area (Å²) in [4.78, 5) is 9.37. The van der Waals surface area contributed by atoms with Crippen LogP contribution in [0.15, 0.2) is 17.4 Å². The van der Waals surface area contributed by atoms with Gasteiger partial charge in [-0.3, -0.25) is 9.67 Å². The molecule has 2 heterocycles. The molecule has 1 unspecified atom stereocenters. The number of guanidine groups is 1. The van der Waals surface area contributed by atoms with Crippen molar-refractivity contribution in [1.29, 1.82) is 0 Å². The van der Waals surface area contributed by atoms with Crippen molar-refractivity contribution in [2.45, 2.75) is 32.4 Å². The van der Waals surface area contributed by atoms with E-state index in [2.05, 4.69) is 55.1 Å². The molecule has 0 aliphatic carbocycles. The second-order valence-corrected chi connectivity index (χ2v) is 7.13. The van der Waals surface area contributed by atoms with E-state index < -0.39 is 0 Å². The average molecular weight is 464 g/mol. The number of morpholine rings is 1. The largest absolute Gasteiger partial charge is 0.370 e. The van der Waals surface area contributed by atoms with E-state index in [9.17, 15) is 0 Å². The zero-order chi connectivity index (χ0) is 17.7. The van der Waals surface area contributed by atoms with E-state index in [4.69, 9.17) is 9.73 Å². The van der Waals surface area contributed by atoms with E-state index in [0.717, 1.165) is 37.7 Å². The van der Waals surface area contributed by atoms with E-state index in [1.807, 2.05) is 24.1 Å². The van der Waals surface area contributed by atoms with Gasteiger partial charge in [0.05, 0.1) is 25.9 Å². The van der Waals surface area contributed by atoms with E-state index in [0.29, 0.717) is 6.61 Å². The van der Waals surface area contributed by atoms with Crippen molar-refractivity contribution in [3.05, 3.63) is 18.0 Å². The molecule has 1 fully saturated rings. The predicted molar refractivity (Wildman–Crippen MR) is 113 cm³/mol. The topological polar surface area (TPSA) is 57.9 Å². The fraction of sp³-hybridized carbons (Fsp3) is 0.765. The molecule has 0 radical (unpaired) electrons. The van der Waals surface area contributed by atoms with Gasteiger partial charge in [-0.2, -0.15) is 5.10 Å². The molecule has 144 valence electrons. The molecule has 1 N–H and O–H groups in total. The third-order valence-electron chi connectivity index (χ3n) is 4.62. The Balaban J connectivity index is 0.00000312. The number of aromatic nitrogens is 2. The summed E-state index contributed by atoms with van der Waals surface area (Å²) in [6, 6.07) is 0. The molecule has 1 saturated heterocycles. The zero-order valence-corrected chi connectivity index (χ0v) is 18.7. The number of aryl methyl sites for hydroxylation is 1. The maximum absolute atomic E-state index is 5.93. The highest BCUT2D eigenvalue weighted by atomic mass is 127. The quantitative estimate of drug-likeness (QED) is 0.409. The summed E-state index contributed by atoms with van der Waals surface area (Å²) in [6.45, 7) is 10.5. The van der Waals surface area contributed by atoms with Crippen LogP contribution in [-0.4, -0.2) is 78.0 Å². The van der Waals surface area contributed by atoms with Gasteiger partial charge in [0.2, 0.25) is 0 Å². The van der Waals surface area contributed by atoms with E-state index in [-0.39, 0.29) is 35.6 Å². The van der Waals surface area contributed by atoms with Crippen molar-refractivity contribution in [3.8, 4) is 0 Å². The maximum atomic E-state index is 5.93. The van der Waals surface area contributed by atoms with Gasteiger partial charge in [-0.1, -0.05) is 0 Å². The van der Waals surface area contributed by atoms with Crippen molar-refractivity contribution >= 4 is 29.9 Å². The molecule has 0 spiro atoms. The Kier molecular flexibility index (Phi) is 8.62. The second-order valence-electron chi connectivity index (χ2n) is 7.13. The summed E-state index contributed by atoms with van der Waals surface area (Å²) in [5.74, 6) is 0.963. The number of hydrogen-bond donors (Lipinski definition) is 1. The Morgan fingerprint density at radius 2 is 2.20 bits per heavy atom. The molecule has 0 aromatic carbocycles. The first kappa shape index (κ1) is 22.2. The molecular weight excluding hydrogens is 431 g/mol. The van der Waals surface area contributed by atoms with E-state index >= 15 is 0 Å². The molecule has 1 aliphatic heterocycles. The summed E-state index contributed by atoms with van der Waals surface area (Å²) in [6.07, 6.45) is 3.94. The number of rotatable bonds is 5. The van der Waals surface area contributed by atoms with Gasteiger partial charge in [-0.05, 0) is 34.9 Å². The van der Waals surface area contributed by atoms with E-state index in [1.165, 1.54) is 0 Å². The first-order chi connectivity index (χ1) is 11.3. The average Bonchev–Trinajstić information content (AvgIpc) is 2.98. The van der Waals surface area contributed by atoms with Gasteiger partial charge in [0.15, 0.2) is 5.96 Å². The summed E-state index contributed by atoms with van der Waals surface area (Å²) in [5, 5.41) is 7.67. The minimum Gasteiger partial charge on any atom is -0.370 e. The minimum atomic E-state index is 0. The highest BCUT2D eigenvalue weighted by Gasteiger charge is 2.26. The maximum Gasteiger partial charge on any atom is 0.194 e. The van der Waals surface area contributed by atoms with Crippen LogP contribution in [0.1, 0.15) is 32.4 Å². The highest BCUT2D eigenvalue weighted by molar-refractivity contribution is 14.0. The van der Waals surface area contributed by atoms with Crippen molar-refractivity contribution in [3.63, 3.8) is 0 Å². The van der Waals surface area contributed by atoms with Crippen molar-refractivity contribution in [2.24, 2.45) is 12.0 Å². The number of halogens is 1. The van der Waals surface area contributed by atoms with Crippen LogP contribution < -0.4 is 5.32 Å². The van der Waals surface area contributed by atoms with Crippen LogP contribution in [0.25, 0.3) is 0 Å². The predicted octanol–water partition coefficient (Wildman–Crippen LogP) is 1.72. The number of nitrogens with one attached hydrogen (secondary N) is 1. The molecule has 8 heteroatoms. The van der Waals surface area contributed by atoms with Crippen molar-refractivity contribution in [2.75, 3.05) is 46.9 Å². The molecule has 1 aliphatic rings. The molecule has 0 amide bonds. The molecule has 7 nitrogen and oxygen atoms in total. The van der Waals surface area contributed by atoms with E-state index in [1.54, 1.807) is 0 Å². The van der Waals surface area contributed by atoms with Crippen LogP contribution in [0, 0.1) is 0 Å². The van der Waals surface area contributed by atoms with Crippen LogP contribution in [-0.2, 0) is 11.8 Å². The highest BCUT2D eigenvalue weighted by Crippen LogP contribution is 2.21. The molecule has 1 aromatic heterocycles. The summed E-state index contributed by atoms with van der Waals surface area (Å²) in [7, 11) is 6.12. The Hall–Kier alpha value is -0.870. The number of ether oxygens (including phenoxy) is 1. The molecule has 1 aromatic rings. The molecule has 0 saturated carbocycles. The Morgan fingerprint density at radius 3 is 2.76 bits per heavy atom. The van der Waals surface area contributed by atoms with Gasteiger partial charge < -0.3 is 19.9 Å². The molecule has 25 heavy (non-hydrogen) atoms. The first-order valence-corrected chi connectivity index (χ1v) is 8.64. The lowest BCUT2D eigenvalue weighted by atomic mass is 10.1. The standard InChI is InChI=1S/C17H32N6O.HI/c1-7-18-16(19-13-17(2,3)21(4)5)23-8-9-24-15(12-23)14-10-20-22(6)11-14;/h10-11,15H,7-9,12-13H2,1-6H3,(H,18,19);1H. The van der Waals surface area contributed by atoms with Gasteiger partial charge in [0.1, 0.15) is 6.10 Å². The summed E-state index contributed by atoms with van der Waals surface area (Å²) < 4.78 is 7.75. The van der Waals surface area contributed by atoms with Crippen molar-refractivity contribution < 1.29 is 4.74 Å². The smallest absolute Gasteiger partial charge is 0.194 e. The molecule has 0 bridgehead atoms. The Morgan fingerprint density at radius 1 is 1.48 bits per heavy atom. The number of hydrogen-bond acceptors (Lipinski definition) is 4. The number of likely N-dealkylation sites (N-methyl/N-ethyl adjacent to an activating group) is 1. The van der Waals surface area contributed by atoms with Crippen molar-refractivity contribution in [1.82, 2.24) is 24.9 Å². The lowest BCUT2D eigenvalue weighted by molar-refractivity contribution is -0.00811. The van der Waals surface area contributed by atoms with Gasteiger partial charge in [0.25, 0.3) is 0 Å². The van der Waals surface area contributed by atoms with Crippen LogP contribution in [0.2, 0.25) is 0 Å². The van der Waals surface area contributed by atoms with Gasteiger partial charge in [0, 0.05) is 37.4 Å². The van der Waals surface area contributed by atoms with Gasteiger partial charge in [-0.25, -0.2) is 0 Å². The Bertz CT molecular complexity index is 557. The third kappa shape index (κ3) is 6.10. The normalized spacial score (nSPS) is 19.1. The van der Waals surface area contributed by atoms with Crippen LogP contribution in [0.4, 0.5) is 0 Å².